The average molecular weight is 861 g/mol. The maximum atomic E-state index is 12.8. The highest BCUT2D eigenvalue weighted by Gasteiger charge is 2.17. The van der Waals surface area contributed by atoms with Crippen LogP contribution < -0.4 is 0 Å². The molecule has 0 heterocycles. The maximum Gasteiger partial charge on any atom is 0.306 e. The lowest BCUT2D eigenvalue weighted by Gasteiger charge is -2.18. The van der Waals surface area contributed by atoms with Crippen LogP contribution in [0, 0.1) is 0 Å². The van der Waals surface area contributed by atoms with E-state index in [1.54, 1.807) is 0 Å². The summed E-state index contributed by atoms with van der Waals surface area (Å²) in [7, 11) is 0. The van der Waals surface area contributed by atoms with Crippen LogP contribution in [0.4, 0.5) is 0 Å². The summed E-state index contributed by atoms with van der Waals surface area (Å²) in [6.45, 7) is 7.58. The molecular formula is C57H96O5. The van der Waals surface area contributed by atoms with Gasteiger partial charge in [-0.15, -0.1) is 0 Å². The third-order valence-corrected chi connectivity index (χ3v) is 10.6. The van der Waals surface area contributed by atoms with Gasteiger partial charge in [0.1, 0.15) is 6.61 Å². The molecule has 0 radical (unpaired) electrons. The van der Waals surface area contributed by atoms with E-state index in [0.29, 0.717) is 19.4 Å². The van der Waals surface area contributed by atoms with Crippen LogP contribution in [0.2, 0.25) is 0 Å². The molecule has 0 aliphatic rings. The average Bonchev–Trinajstić information content (AvgIpc) is 3.27. The molecular weight excluding hydrogens is 765 g/mol. The van der Waals surface area contributed by atoms with Crippen molar-refractivity contribution in [1.82, 2.24) is 0 Å². The molecule has 0 fully saturated rings. The Morgan fingerprint density at radius 2 is 0.726 bits per heavy atom. The monoisotopic (exact) mass is 861 g/mol. The van der Waals surface area contributed by atoms with Crippen LogP contribution in [-0.2, 0) is 23.8 Å². The number of rotatable bonds is 46. The molecule has 0 aliphatic heterocycles. The zero-order valence-electron chi connectivity index (χ0n) is 40.6. The zero-order valence-corrected chi connectivity index (χ0v) is 40.6. The van der Waals surface area contributed by atoms with Crippen LogP contribution in [0.3, 0.4) is 0 Å². The van der Waals surface area contributed by atoms with Gasteiger partial charge in [-0.3, -0.25) is 9.59 Å². The molecule has 0 aromatic heterocycles. The van der Waals surface area contributed by atoms with Crippen molar-refractivity contribution >= 4 is 11.9 Å². The summed E-state index contributed by atoms with van der Waals surface area (Å²) >= 11 is 0. The summed E-state index contributed by atoms with van der Waals surface area (Å²) < 4.78 is 17.4. The van der Waals surface area contributed by atoms with Crippen LogP contribution in [0.5, 0.6) is 0 Å². The van der Waals surface area contributed by atoms with Gasteiger partial charge in [0.15, 0.2) is 6.10 Å². The van der Waals surface area contributed by atoms with Crippen LogP contribution in [0.15, 0.2) is 97.2 Å². The topological polar surface area (TPSA) is 61.8 Å². The third kappa shape index (κ3) is 49.5. The Hall–Kier alpha value is -3.18. The summed E-state index contributed by atoms with van der Waals surface area (Å²) in [5.74, 6) is -0.470. The van der Waals surface area contributed by atoms with Gasteiger partial charge in [-0.1, -0.05) is 189 Å². The number of unbranched alkanes of at least 4 members (excludes halogenated alkanes) is 19. The molecule has 0 spiro atoms. The lowest BCUT2D eigenvalue weighted by atomic mass is 10.1. The second kappa shape index (κ2) is 52.2. The summed E-state index contributed by atoms with van der Waals surface area (Å²) in [6.07, 6.45) is 69.8. The number of allylic oxidation sites excluding steroid dienone is 16. The molecule has 0 saturated heterocycles. The quantitative estimate of drug-likeness (QED) is 0.0347. The van der Waals surface area contributed by atoms with E-state index in [-0.39, 0.29) is 25.2 Å². The van der Waals surface area contributed by atoms with E-state index in [1.165, 1.54) is 96.3 Å². The van der Waals surface area contributed by atoms with Crippen LogP contribution in [0.1, 0.15) is 226 Å². The number of carbonyl (C=O) groups excluding carboxylic acids is 2. The molecule has 0 N–H and O–H groups in total. The highest BCUT2D eigenvalue weighted by Crippen LogP contribution is 2.12. The fourth-order valence-electron chi connectivity index (χ4n) is 6.74. The van der Waals surface area contributed by atoms with Crippen molar-refractivity contribution in [3.63, 3.8) is 0 Å². The van der Waals surface area contributed by atoms with Gasteiger partial charge < -0.3 is 14.2 Å². The van der Waals surface area contributed by atoms with E-state index >= 15 is 0 Å². The SMILES string of the molecule is CC/C=C\C/C=C\C/C=C\C/C=C\CCCCC(=O)OCC(COCCCCCCCC/C=C\C/C=C\CCCCC)OC(=O)CCCCCCC/C=C\C/C=C\CCCCC. The lowest BCUT2D eigenvalue weighted by molar-refractivity contribution is -0.163. The Balaban J connectivity index is 4.40. The molecule has 0 bridgehead atoms. The van der Waals surface area contributed by atoms with Crippen molar-refractivity contribution in [1.29, 1.82) is 0 Å². The molecule has 354 valence electrons. The molecule has 0 amide bonds. The minimum atomic E-state index is -0.571. The molecule has 0 rings (SSSR count). The molecule has 1 atom stereocenters. The molecule has 0 saturated carbocycles. The summed E-state index contributed by atoms with van der Waals surface area (Å²) in [5, 5.41) is 0. The molecule has 1 unspecified atom stereocenters. The Kier molecular flexibility index (Phi) is 49.5. The molecule has 5 nitrogen and oxygen atoms in total. The molecule has 62 heavy (non-hydrogen) atoms. The predicted octanol–water partition coefficient (Wildman–Crippen LogP) is 17.5. The maximum absolute atomic E-state index is 12.8. The van der Waals surface area contributed by atoms with Crippen molar-refractivity contribution in [2.75, 3.05) is 19.8 Å². The number of hydrogen-bond donors (Lipinski definition) is 0. The molecule has 5 heteroatoms. The van der Waals surface area contributed by atoms with Gasteiger partial charge in [-0.25, -0.2) is 0 Å². The van der Waals surface area contributed by atoms with Gasteiger partial charge >= 0.3 is 11.9 Å². The smallest absolute Gasteiger partial charge is 0.306 e. The number of ether oxygens (including phenoxy) is 3. The third-order valence-electron chi connectivity index (χ3n) is 10.6. The fraction of sp³-hybridized carbons (Fsp3) is 0.684. The number of hydrogen-bond acceptors (Lipinski definition) is 5. The standard InChI is InChI=1S/C57H96O5/c1-4-7-10-13-16-19-22-25-28-31-34-37-40-43-46-49-52-60-53-55(62-57(59)51-48-45-42-39-36-33-30-27-24-21-18-15-12-9-6-3)54-61-56(58)50-47-44-41-38-35-32-29-26-23-20-17-14-11-8-5-2/h8,11,16-21,25-30,35,38,55H,4-7,9-10,12-15,22-24,31-34,36-37,39-54H2,1-3H3/b11-8-,19-16-,20-17-,21-18-,28-25-,29-26-,30-27-,38-35-. The molecule has 0 aliphatic carbocycles. The second-order valence-electron chi connectivity index (χ2n) is 16.7. The largest absolute Gasteiger partial charge is 0.462 e. The van der Waals surface area contributed by atoms with Crippen LogP contribution in [-0.4, -0.2) is 37.9 Å². The van der Waals surface area contributed by atoms with E-state index in [9.17, 15) is 9.59 Å². The second-order valence-corrected chi connectivity index (χ2v) is 16.7. The Morgan fingerprint density at radius 1 is 0.371 bits per heavy atom. The highest BCUT2D eigenvalue weighted by atomic mass is 16.6. The number of carbonyl (C=O) groups is 2. The zero-order chi connectivity index (χ0) is 44.9. The van der Waals surface area contributed by atoms with Crippen molar-refractivity contribution in [3.8, 4) is 0 Å². The molecule has 0 aromatic carbocycles. The number of esters is 2. The van der Waals surface area contributed by atoms with Crippen molar-refractivity contribution < 1.29 is 23.8 Å². The van der Waals surface area contributed by atoms with E-state index < -0.39 is 6.10 Å². The lowest BCUT2D eigenvalue weighted by Crippen LogP contribution is -2.30. The first kappa shape index (κ1) is 58.8. The summed E-state index contributed by atoms with van der Waals surface area (Å²) in [5.41, 5.74) is 0. The first-order chi connectivity index (χ1) is 30.6. The summed E-state index contributed by atoms with van der Waals surface area (Å²) in [6, 6.07) is 0. The van der Waals surface area contributed by atoms with Gasteiger partial charge in [-0.05, 0) is 122 Å². The van der Waals surface area contributed by atoms with Crippen LogP contribution >= 0.6 is 0 Å². The normalized spacial score (nSPS) is 13.0. The van der Waals surface area contributed by atoms with Gasteiger partial charge in [-0.2, -0.15) is 0 Å². The first-order valence-corrected chi connectivity index (χ1v) is 25.8. The minimum absolute atomic E-state index is 0.0489. The Bertz CT molecular complexity index is 1200. The van der Waals surface area contributed by atoms with Gasteiger partial charge in [0.25, 0.3) is 0 Å². The van der Waals surface area contributed by atoms with Gasteiger partial charge in [0, 0.05) is 19.4 Å². The van der Waals surface area contributed by atoms with Crippen molar-refractivity contribution in [3.05, 3.63) is 97.2 Å². The van der Waals surface area contributed by atoms with E-state index in [4.69, 9.17) is 14.2 Å². The van der Waals surface area contributed by atoms with Gasteiger partial charge in [0.2, 0.25) is 0 Å². The van der Waals surface area contributed by atoms with E-state index in [2.05, 4.69) is 118 Å². The van der Waals surface area contributed by atoms with E-state index in [0.717, 1.165) is 96.3 Å². The summed E-state index contributed by atoms with van der Waals surface area (Å²) in [4.78, 5) is 25.4. The van der Waals surface area contributed by atoms with Gasteiger partial charge in [0.05, 0.1) is 6.61 Å². The van der Waals surface area contributed by atoms with E-state index in [1.807, 2.05) is 0 Å². The first-order valence-electron chi connectivity index (χ1n) is 25.8. The van der Waals surface area contributed by atoms with Crippen molar-refractivity contribution in [2.24, 2.45) is 0 Å². The minimum Gasteiger partial charge on any atom is -0.462 e. The fourth-order valence-corrected chi connectivity index (χ4v) is 6.74. The molecule has 0 aromatic rings. The van der Waals surface area contributed by atoms with Crippen LogP contribution in [0.25, 0.3) is 0 Å². The predicted molar refractivity (Wildman–Crippen MR) is 270 cm³/mol. The Morgan fingerprint density at radius 3 is 1.19 bits per heavy atom. The Labute approximate surface area is 383 Å². The van der Waals surface area contributed by atoms with Crippen molar-refractivity contribution in [2.45, 2.75) is 232 Å². The highest BCUT2D eigenvalue weighted by molar-refractivity contribution is 5.70.